The summed E-state index contributed by atoms with van der Waals surface area (Å²) in [5.41, 5.74) is -0.0631. The molecule has 3 fully saturated rings. The zero-order valence-electron chi connectivity index (χ0n) is 18.7. The van der Waals surface area contributed by atoms with Crippen LogP contribution >= 0.6 is 0 Å². The maximum Gasteiger partial charge on any atom is 0.416 e. The number of alkyl halides is 3. The molecule has 1 amide bonds. The van der Waals surface area contributed by atoms with Gasteiger partial charge in [-0.15, -0.1) is 0 Å². The zero-order valence-corrected chi connectivity index (χ0v) is 18.7. The van der Waals surface area contributed by atoms with Gasteiger partial charge >= 0.3 is 6.18 Å². The lowest BCUT2D eigenvalue weighted by Crippen LogP contribution is -2.50. The van der Waals surface area contributed by atoms with E-state index in [-0.39, 0.29) is 11.8 Å². The fraction of sp³-hybridized carbons (Fsp3) is 0.708. The lowest BCUT2D eigenvalue weighted by atomic mass is 9.92. The van der Waals surface area contributed by atoms with Crippen molar-refractivity contribution < 1.29 is 22.7 Å². The summed E-state index contributed by atoms with van der Waals surface area (Å²) in [5, 5.41) is 3.80. The Hall–Kier alpha value is -1.80. The molecule has 5 nitrogen and oxygen atoms in total. The van der Waals surface area contributed by atoms with E-state index in [0.717, 1.165) is 51.4 Å². The number of halogens is 3. The van der Waals surface area contributed by atoms with Gasteiger partial charge in [-0.05, 0) is 56.2 Å². The van der Waals surface area contributed by atoms with E-state index in [2.05, 4.69) is 12.2 Å². The quantitative estimate of drug-likeness (QED) is 0.734. The van der Waals surface area contributed by atoms with Crippen LogP contribution in [0.4, 0.5) is 18.9 Å². The molecule has 3 aliphatic rings. The number of nitrogens with one attached hydrogen (secondary N) is 1. The number of hydrogen-bond acceptors (Lipinski definition) is 4. The lowest BCUT2D eigenvalue weighted by Gasteiger charge is -2.37. The number of anilines is 1. The topological polar surface area (TPSA) is 44.8 Å². The molecule has 2 aliphatic heterocycles. The largest absolute Gasteiger partial charge is 0.416 e. The Balaban J connectivity index is 1.27. The van der Waals surface area contributed by atoms with Gasteiger partial charge in [0.25, 0.3) is 0 Å². The molecule has 2 saturated heterocycles. The first-order valence-electron chi connectivity index (χ1n) is 11.9. The van der Waals surface area contributed by atoms with Crippen molar-refractivity contribution in [2.75, 3.05) is 44.3 Å². The summed E-state index contributed by atoms with van der Waals surface area (Å²) in [6, 6.07) is 6.31. The van der Waals surface area contributed by atoms with Gasteiger partial charge in [0.05, 0.1) is 12.2 Å². The summed E-state index contributed by atoms with van der Waals surface area (Å²) in [6.07, 6.45) is 0.593. The van der Waals surface area contributed by atoms with Crippen LogP contribution in [0.2, 0.25) is 0 Å². The number of nitrogens with zero attached hydrogens (tertiary/aromatic N) is 2. The highest BCUT2D eigenvalue weighted by atomic mass is 19.4. The Morgan fingerprint density at radius 1 is 1.16 bits per heavy atom. The molecule has 8 heteroatoms. The maximum atomic E-state index is 13.1. The van der Waals surface area contributed by atoms with E-state index in [4.69, 9.17) is 4.74 Å². The molecule has 1 aromatic rings. The molecule has 0 aromatic heterocycles. The van der Waals surface area contributed by atoms with Gasteiger partial charge in [-0.3, -0.25) is 4.79 Å². The van der Waals surface area contributed by atoms with Crippen molar-refractivity contribution in [3.05, 3.63) is 29.8 Å². The Morgan fingerprint density at radius 3 is 2.66 bits per heavy atom. The van der Waals surface area contributed by atoms with E-state index >= 15 is 0 Å². The summed E-state index contributed by atoms with van der Waals surface area (Å²) >= 11 is 0. The van der Waals surface area contributed by atoms with Crippen LogP contribution in [0, 0.1) is 11.8 Å². The number of amides is 1. The van der Waals surface area contributed by atoms with E-state index < -0.39 is 11.7 Å². The van der Waals surface area contributed by atoms with Gasteiger partial charge in [0.15, 0.2) is 0 Å². The average Bonchev–Trinajstić information content (AvgIpc) is 3.27. The summed E-state index contributed by atoms with van der Waals surface area (Å²) in [5.74, 6) is 0.798. The minimum atomic E-state index is -4.34. The van der Waals surface area contributed by atoms with Crippen LogP contribution in [-0.2, 0) is 15.7 Å². The predicted molar refractivity (Wildman–Crippen MR) is 118 cm³/mol. The second-order valence-corrected chi connectivity index (χ2v) is 9.37. The van der Waals surface area contributed by atoms with Gasteiger partial charge in [0, 0.05) is 56.5 Å². The smallest absolute Gasteiger partial charge is 0.381 e. The Bertz CT molecular complexity index is 780. The van der Waals surface area contributed by atoms with Crippen molar-refractivity contribution >= 4 is 11.6 Å². The molecule has 1 aliphatic carbocycles. The van der Waals surface area contributed by atoms with Gasteiger partial charge in [-0.1, -0.05) is 13.0 Å². The summed E-state index contributed by atoms with van der Waals surface area (Å²) in [4.78, 5) is 16.9. The van der Waals surface area contributed by atoms with Crippen molar-refractivity contribution in [2.24, 2.45) is 11.8 Å². The van der Waals surface area contributed by atoms with Crippen LogP contribution in [0.25, 0.3) is 0 Å². The second kappa shape index (κ2) is 10.00. The first-order valence-corrected chi connectivity index (χ1v) is 11.9. The van der Waals surface area contributed by atoms with Gasteiger partial charge in [-0.2, -0.15) is 13.2 Å². The van der Waals surface area contributed by atoms with Crippen LogP contribution in [0.1, 0.15) is 44.6 Å². The number of rotatable bonds is 5. The van der Waals surface area contributed by atoms with E-state index in [1.807, 2.05) is 9.80 Å². The monoisotopic (exact) mass is 453 g/mol. The molecule has 4 atom stereocenters. The minimum Gasteiger partial charge on any atom is -0.381 e. The third kappa shape index (κ3) is 5.39. The van der Waals surface area contributed by atoms with Gasteiger partial charge < -0.3 is 19.9 Å². The third-order valence-corrected chi connectivity index (χ3v) is 7.36. The molecule has 178 valence electrons. The Kier molecular flexibility index (Phi) is 7.30. The third-order valence-electron chi connectivity index (χ3n) is 7.36. The molecule has 1 N–H and O–H groups in total. The average molecular weight is 454 g/mol. The second-order valence-electron chi connectivity index (χ2n) is 9.37. The van der Waals surface area contributed by atoms with Crippen LogP contribution in [0.3, 0.4) is 0 Å². The maximum absolute atomic E-state index is 13.1. The highest BCUT2D eigenvalue weighted by Crippen LogP contribution is 2.33. The number of hydrogen-bond donors (Lipinski definition) is 1. The first-order chi connectivity index (χ1) is 15.3. The molecule has 0 spiro atoms. The van der Waals surface area contributed by atoms with Crippen molar-refractivity contribution in [3.63, 3.8) is 0 Å². The zero-order chi connectivity index (χ0) is 22.7. The minimum absolute atomic E-state index is 0.0486. The fourth-order valence-corrected chi connectivity index (χ4v) is 5.40. The van der Waals surface area contributed by atoms with E-state index in [1.54, 1.807) is 6.07 Å². The van der Waals surface area contributed by atoms with Crippen LogP contribution in [-0.4, -0.2) is 62.3 Å². The van der Waals surface area contributed by atoms with Crippen molar-refractivity contribution in [2.45, 2.75) is 57.3 Å². The molecule has 3 unspecified atom stereocenters. The number of benzene rings is 1. The predicted octanol–water partition coefficient (Wildman–Crippen LogP) is 3.93. The van der Waals surface area contributed by atoms with Crippen molar-refractivity contribution in [3.8, 4) is 0 Å². The summed E-state index contributed by atoms with van der Waals surface area (Å²) in [6.45, 7) is 6.05. The summed E-state index contributed by atoms with van der Waals surface area (Å²) < 4.78 is 44.7. The highest BCUT2D eigenvalue weighted by Gasteiger charge is 2.36. The SMILES string of the molecule is CCC1COCCC1N[C@@H]1CCC(C(=O)N2CCN(c3cccc(C(F)(F)F)c3)CC2)C1. The Labute approximate surface area is 188 Å². The molecule has 0 bridgehead atoms. The normalized spacial score (nSPS) is 29.4. The molecular formula is C24H34F3N3O2. The molecule has 0 radical (unpaired) electrons. The number of ether oxygens (including phenoxy) is 1. The number of carbonyl (C=O) groups excluding carboxylic acids is 1. The highest BCUT2D eigenvalue weighted by molar-refractivity contribution is 5.79. The van der Waals surface area contributed by atoms with E-state index in [1.165, 1.54) is 12.1 Å². The van der Waals surface area contributed by atoms with Crippen LogP contribution in [0.5, 0.6) is 0 Å². The Morgan fingerprint density at radius 2 is 1.94 bits per heavy atom. The van der Waals surface area contributed by atoms with Crippen LogP contribution in [0.15, 0.2) is 24.3 Å². The fourth-order valence-electron chi connectivity index (χ4n) is 5.40. The lowest BCUT2D eigenvalue weighted by molar-refractivity contribution is -0.137. The molecule has 32 heavy (non-hydrogen) atoms. The molecular weight excluding hydrogens is 419 g/mol. The van der Waals surface area contributed by atoms with Gasteiger partial charge in [0.2, 0.25) is 5.91 Å². The van der Waals surface area contributed by atoms with Crippen LogP contribution < -0.4 is 10.2 Å². The standard InChI is InChI=1S/C24H34F3N3O2/c1-2-17-16-32-13-8-22(17)28-20-7-6-18(14-20)23(31)30-11-9-29(10-12-30)21-5-3-4-19(15-21)24(25,26)27/h3-5,15,17-18,20,22,28H,2,6-14,16H2,1H3/t17?,18?,20-,22?/m1/s1. The molecule has 4 rings (SSSR count). The molecule has 1 saturated carbocycles. The summed E-state index contributed by atoms with van der Waals surface area (Å²) in [7, 11) is 0. The van der Waals surface area contributed by atoms with Gasteiger partial charge in [-0.25, -0.2) is 0 Å². The number of piperazine rings is 1. The van der Waals surface area contributed by atoms with E-state index in [0.29, 0.717) is 49.9 Å². The first kappa shape index (κ1) is 23.4. The molecule has 1 aromatic carbocycles. The van der Waals surface area contributed by atoms with Crippen molar-refractivity contribution in [1.82, 2.24) is 10.2 Å². The molecule has 2 heterocycles. The van der Waals surface area contributed by atoms with E-state index in [9.17, 15) is 18.0 Å². The number of carbonyl (C=O) groups is 1. The van der Waals surface area contributed by atoms with Crippen molar-refractivity contribution in [1.29, 1.82) is 0 Å². The van der Waals surface area contributed by atoms with Gasteiger partial charge in [0.1, 0.15) is 0 Å².